The number of alkyl carbamates (subject to hydrolysis) is 1. The minimum absolute atomic E-state index is 0.0343. The molecule has 0 bridgehead atoms. The first-order chi connectivity index (χ1) is 60.2. The molecule has 0 aliphatic heterocycles. The Kier molecular flexibility index (Phi) is 38.4. The molecule has 7 heterocycles. The maximum Gasteiger partial charge on any atom is 0.407 e. The molecule has 0 unspecified atom stereocenters. The summed E-state index contributed by atoms with van der Waals surface area (Å²) in [5, 5.41) is 37.6. The number of nitrogen functional groups attached to an aromatic ring is 2. The van der Waals surface area contributed by atoms with E-state index in [9.17, 15) is 29.2 Å². The Morgan fingerprint density at radius 2 is 0.952 bits per heavy atom. The maximum absolute atomic E-state index is 12.3. The smallest absolute Gasteiger partial charge is 0.407 e. The zero-order valence-electron chi connectivity index (χ0n) is 69.1. The van der Waals surface area contributed by atoms with Gasteiger partial charge in [0.2, 0.25) is 23.7 Å². The van der Waals surface area contributed by atoms with Crippen molar-refractivity contribution in [3.05, 3.63) is 244 Å². The Labute approximate surface area is 714 Å². The molecule has 0 saturated heterocycles. The summed E-state index contributed by atoms with van der Waals surface area (Å²) in [5.41, 5.74) is 28.4. The number of benzene rings is 5. The zero-order valence-corrected chi connectivity index (χ0v) is 69.1. The SMILES string of the molecule is CN(CCO)c1ccc(-c2ccc(C=O)o2)cc1.COCCNC(=O)/C(C#N)=C/c1ccc(-c2ccc(N(C)CCO)cc2)o1.NCc1ccc(COc2nc(N)nc3nc[nH]c23)cc1.[C-]#[N+]/C(=C\c1ccc(-c2ccc(N(C)CCOC(=O)NCc3ccc(COc4nc(N)nc5nc[nH]c45)cc3)cc2)o1)C(=O)NCCOC.[C-]#[N+]CC(=O)NCCOC. The van der Waals surface area contributed by atoms with Crippen molar-refractivity contribution < 1.29 is 75.9 Å². The van der Waals surface area contributed by atoms with Gasteiger partial charge in [-0.15, -0.1) is 0 Å². The zero-order chi connectivity index (χ0) is 89.0. The Morgan fingerprint density at radius 1 is 0.532 bits per heavy atom. The lowest BCUT2D eigenvalue weighted by molar-refractivity contribution is -0.119. The van der Waals surface area contributed by atoms with Crippen molar-refractivity contribution in [3.63, 3.8) is 0 Å². The van der Waals surface area contributed by atoms with Crippen LogP contribution in [0.4, 0.5) is 33.8 Å². The number of amides is 4. The van der Waals surface area contributed by atoms with Crippen molar-refractivity contribution in [2.75, 3.05) is 154 Å². The molecule has 124 heavy (non-hydrogen) atoms. The van der Waals surface area contributed by atoms with E-state index in [1.165, 1.54) is 39.0 Å². The first-order valence-electron chi connectivity index (χ1n) is 38.4. The van der Waals surface area contributed by atoms with E-state index in [1.807, 2.05) is 163 Å². The number of furan rings is 3. The first-order valence-corrected chi connectivity index (χ1v) is 38.4. The second-order valence-electron chi connectivity index (χ2n) is 26.4. The third-order valence-corrected chi connectivity index (χ3v) is 17.6. The molecule has 5 aromatic carbocycles. The lowest BCUT2D eigenvalue weighted by Gasteiger charge is -2.19. The predicted octanol–water partition coefficient (Wildman–Crippen LogP) is 9.03. The molecule has 37 heteroatoms. The van der Waals surface area contributed by atoms with E-state index in [0.717, 1.165) is 56.0 Å². The number of rotatable bonds is 37. The average molecular weight is 1690 g/mol. The highest BCUT2D eigenvalue weighted by Gasteiger charge is 2.18. The fraction of sp³-hybridized carbons (Fsp3) is 0.264. The van der Waals surface area contributed by atoms with Crippen LogP contribution in [-0.4, -0.2) is 208 Å². The van der Waals surface area contributed by atoms with E-state index in [1.54, 1.807) is 43.5 Å². The molecule has 0 spiro atoms. The van der Waals surface area contributed by atoms with E-state index >= 15 is 0 Å². The lowest BCUT2D eigenvalue weighted by atomic mass is 10.1. The first kappa shape index (κ1) is 94.2. The van der Waals surface area contributed by atoms with E-state index in [-0.39, 0.29) is 62.0 Å². The van der Waals surface area contributed by atoms with Crippen molar-refractivity contribution in [3.8, 4) is 51.8 Å². The average Bonchev–Trinajstić information content (AvgIpc) is 1.65. The van der Waals surface area contributed by atoms with Gasteiger partial charge in [-0.05, 0) is 138 Å². The maximum atomic E-state index is 12.3. The number of aromatic amines is 2. The standard InChI is InChI=1S/C34H35N9O6.C20H23N3O4.C14H15NO3.C13H14N6O.C6H10N2O2/c1-36-27(31(44)37-14-16-46-3)18-26-12-13-28(49-26)24-8-10-25(11-9-24)43(2)15-17-47-34(45)38-19-22-4-6-23(7-5-22)20-48-32-29-30(40-21-39-29)41-33(35)42-32;1-23(10-11-24)17-5-3-15(4-6-17)19-8-7-18(27-19)13-16(14-21)20(25)22-9-12-26-2;1-15(8-9-16)12-4-2-11(3-5-12)14-7-6-13(10-17)18-14;14-5-8-1-3-9(4-2-8)6-20-12-10-11(17-7-16-10)18-13(15)19-12;1-7-5-6(9)8-3-4-10-2/h4-13,18,21H,14-17,19-20H2,2-3H3,(H,37,44)(H,38,45)(H3,35,39,40,41,42);3-8,13,24H,9-12H2,1-2H3,(H,22,25);2-7,10,16H,8-9H2,1H3;1-4,7H,5-6,14H2,(H3,15,16,17,18,19);3-5H2,2H3,(H,8,9)/b27-18-;16-13+;;;. The molecule has 646 valence electrons. The number of methoxy groups -OCH3 is 3. The number of carbonyl (C=O) groups is 5. The Morgan fingerprint density at radius 3 is 1.37 bits per heavy atom. The number of nitrogens with zero attached hydrogens (tertiary/aromatic N) is 12. The molecule has 0 saturated carbocycles. The van der Waals surface area contributed by atoms with Crippen LogP contribution in [0, 0.1) is 24.5 Å². The normalized spacial score (nSPS) is 10.8. The molecule has 0 radical (unpaired) electrons. The topological polar surface area (TPSA) is 498 Å². The number of carbonyl (C=O) groups excluding carboxylic acids is 5. The van der Waals surface area contributed by atoms with Crippen LogP contribution in [0.3, 0.4) is 0 Å². The minimum atomic E-state index is -0.516. The van der Waals surface area contributed by atoms with Gasteiger partial charge in [-0.2, -0.15) is 25.2 Å². The third-order valence-electron chi connectivity index (χ3n) is 17.6. The van der Waals surface area contributed by atoms with Gasteiger partial charge >= 0.3 is 6.09 Å². The number of imidazole rings is 2. The van der Waals surface area contributed by atoms with Gasteiger partial charge in [0.15, 0.2) is 23.3 Å². The van der Waals surface area contributed by atoms with Crippen LogP contribution in [0.15, 0.2) is 195 Å². The van der Waals surface area contributed by atoms with Crippen LogP contribution in [0.2, 0.25) is 0 Å². The van der Waals surface area contributed by atoms with Crippen LogP contribution in [0.25, 0.3) is 78.1 Å². The number of nitriles is 1. The quantitative estimate of drug-likeness (QED) is 0.00568. The fourth-order valence-corrected chi connectivity index (χ4v) is 11.0. The van der Waals surface area contributed by atoms with Crippen molar-refractivity contribution in [2.45, 2.75) is 26.3 Å². The number of fused-ring (bicyclic) bond motifs is 2. The number of hydrogen-bond donors (Lipinski definition) is 11. The van der Waals surface area contributed by atoms with Crippen molar-refractivity contribution in [1.29, 1.82) is 5.26 Å². The molecule has 0 fully saturated rings. The van der Waals surface area contributed by atoms with Crippen LogP contribution in [-0.2, 0) is 59.6 Å². The second-order valence-corrected chi connectivity index (χ2v) is 26.4. The van der Waals surface area contributed by atoms with Gasteiger partial charge < -0.3 is 120 Å². The summed E-state index contributed by atoms with van der Waals surface area (Å²) in [6.45, 7) is 19.4. The molecule has 12 rings (SSSR count). The number of aromatic nitrogens is 8. The number of nitrogens with one attached hydrogen (secondary N) is 6. The number of likely N-dealkylation sites (N-methyl/N-ethyl adjacent to an activating group) is 3. The summed E-state index contributed by atoms with van der Waals surface area (Å²) in [6, 6.07) is 50.9. The van der Waals surface area contributed by atoms with Crippen molar-refractivity contribution in [2.24, 2.45) is 5.73 Å². The van der Waals surface area contributed by atoms with Gasteiger partial charge in [-0.1, -0.05) is 48.5 Å². The van der Waals surface area contributed by atoms with Crippen molar-refractivity contribution in [1.82, 2.24) is 61.1 Å². The molecule has 0 atom stereocenters. The summed E-state index contributed by atoms with van der Waals surface area (Å²) < 4.78 is 48.3. The highest BCUT2D eigenvalue weighted by atomic mass is 16.5. The van der Waals surface area contributed by atoms with E-state index in [4.69, 9.17) is 77.5 Å². The molecular weight excluding hydrogens is 1600 g/mol. The second kappa shape index (κ2) is 50.6. The number of aliphatic hydroxyl groups is 2. The summed E-state index contributed by atoms with van der Waals surface area (Å²) >= 11 is 0. The Bertz CT molecular complexity index is 5550. The summed E-state index contributed by atoms with van der Waals surface area (Å²) in [5.74, 6) is 2.78. The number of anilines is 5. The van der Waals surface area contributed by atoms with Crippen LogP contribution >= 0.6 is 0 Å². The molecule has 7 aromatic heterocycles. The molecule has 37 nitrogen and oxygen atoms in total. The van der Waals surface area contributed by atoms with Gasteiger partial charge in [0.25, 0.3) is 30.0 Å². The molecular formula is C87H97N21O16. The third kappa shape index (κ3) is 30.2. The molecule has 0 aliphatic carbocycles. The van der Waals surface area contributed by atoms with Gasteiger partial charge in [0, 0.05) is 128 Å². The number of ether oxygens (including phenoxy) is 6. The number of hydrogen-bond acceptors (Lipinski definition) is 29. The molecule has 12 aromatic rings. The van der Waals surface area contributed by atoms with Crippen LogP contribution < -0.4 is 62.6 Å². The minimum Gasteiger partial charge on any atom is -0.471 e. The lowest BCUT2D eigenvalue weighted by Crippen LogP contribution is -2.28. The van der Waals surface area contributed by atoms with Crippen LogP contribution in [0.5, 0.6) is 11.8 Å². The summed E-state index contributed by atoms with van der Waals surface area (Å²) in [4.78, 5) is 99.9. The van der Waals surface area contributed by atoms with Gasteiger partial charge in [0.05, 0.1) is 58.8 Å². The molecule has 0 aliphatic rings. The number of aliphatic hydroxyl groups excluding tert-OH is 2. The van der Waals surface area contributed by atoms with Gasteiger partial charge in [-0.25, -0.2) is 26.2 Å². The van der Waals surface area contributed by atoms with E-state index in [0.29, 0.717) is 154 Å². The highest BCUT2D eigenvalue weighted by Crippen LogP contribution is 2.30. The monoisotopic (exact) mass is 1690 g/mol. The predicted molar refractivity (Wildman–Crippen MR) is 466 cm³/mol. The molecule has 14 N–H and O–H groups in total. The molecule has 4 amide bonds. The fourth-order valence-electron chi connectivity index (χ4n) is 11.0. The van der Waals surface area contributed by atoms with E-state index in [2.05, 4.69) is 75.6 Å². The number of nitrogens with two attached hydrogens (primary N) is 3. The summed E-state index contributed by atoms with van der Waals surface area (Å²) in [6.07, 6.45) is 6.02. The largest absolute Gasteiger partial charge is 0.471 e. The van der Waals surface area contributed by atoms with Gasteiger partial charge in [0.1, 0.15) is 71.3 Å². The Hall–Kier alpha value is -15.3. The number of H-pyrrole nitrogens is 2. The Balaban J connectivity index is 0.000000213. The van der Waals surface area contributed by atoms with Crippen LogP contribution in [0.1, 0.15) is 44.3 Å². The number of aldehydes is 1. The van der Waals surface area contributed by atoms with E-state index < -0.39 is 17.9 Å². The van der Waals surface area contributed by atoms with Crippen molar-refractivity contribution >= 4 is 93.5 Å². The highest BCUT2D eigenvalue weighted by molar-refractivity contribution is 6.01. The summed E-state index contributed by atoms with van der Waals surface area (Å²) in [7, 11) is 10.4. The van der Waals surface area contributed by atoms with Gasteiger partial charge in [-0.3, -0.25) is 19.2 Å².